The van der Waals surface area contributed by atoms with Crippen LogP contribution in [0.25, 0.3) is 0 Å². The third kappa shape index (κ3) is 3.21. The molecular formula is C19H22N2O5. The van der Waals surface area contributed by atoms with Gasteiger partial charge in [-0.15, -0.1) is 0 Å². The molecule has 4 amide bonds. The van der Waals surface area contributed by atoms with Gasteiger partial charge in [0.05, 0.1) is 6.42 Å². The second-order valence-corrected chi connectivity index (χ2v) is 7.67. The lowest BCUT2D eigenvalue weighted by Crippen LogP contribution is -2.58. The van der Waals surface area contributed by atoms with Crippen molar-refractivity contribution in [2.75, 3.05) is 4.90 Å². The summed E-state index contributed by atoms with van der Waals surface area (Å²) in [6.45, 7) is 6.90. The van der Waals surface area contributed by atoms with Crippen LogP contribution in [-0.2, 0) is 25.5 Å². The van der Waals surface area contributed by atoms with Gasteiger partial charge >= 0.3 is 6.09 Å². The molecule has 7 heteroatoms. The van der Waals surface area contributed by atoms with E-state index in [0.29, 0.717) is 10.6 Å². The van der Waals surface area contributed by atoms with Gasteiger partial charge < -0.3 is 4.74 Å². The van der Waals surface area contributed by atoms with Gasteiger partial charge in [-0.05, 0) is 45.7 Å². The predicted molar refractivity (Wildman–Crippen MR) is 93.5 cm³/mol. The van der Waals surface area contributed by atoms with Crippen LogP contribution < -0.4 is 4.90 Å². The standard InChI is InChI=1S/C19H22N2O5/c1-11-5-6-13-12(9-11)10-16(23)20(13)14-7-8-15(22)21(17(14)24)18(25)26-19(2,3)4/h5-6,9,14H,7-8,10H2,1-4H3. The highest BCUT2D eigenvalue weighted by Gasteiger charge is 2.46. The summed E-state index contributed by atoms with van der Waals surface area (Å²) in [4.78, 5) is 51.9. The first-order valence-electron chi connectivity index (χ1n) is 8.60. The minimum atomic E-state index is -0.993. The molecule has 0 spiro atoms. The van der Waals surface area contributed by atoms with Crippen LogP contribution in [0.5, 0.6) is 0 Å². The minimum Gasteiger partial charge on any atom is -0.443 e. The minimum absolute atomic E-state index is 0.000619. The van der Waals surface area contributed by atoms with Gasteiger partial charge in [0.15, 0.2) is 0 Å². The van der Waals surface area contributed by atoms with E-state index in [1.807, 2.05) is 19.1 Å². The molecule has 1 unspecified atom stereocenters. The Kier molecular flexibility index (Phi) is 4.34. The van der Waals surface area contributed by atoms with Crippen molar-refractivity contribution in [3.63, 3.8) is 0 Å². The van der Waals surface area contributed by atoms with Gasteiger partial charge in [-0.2, -0.15) is 4.90 Å². The number of fused-ring (bicyclic) bond motifs is 1. The van der Waals surface area contributed by atoms with Gasteiger partial charge in [0.1, 0.15) is 11.6 Å². The van der Waals surface area contributed by atoms with Gasteiger partial charge in [0.25, 0.3) is 5.91 Å². The topological polar surface area (TPSA) is 84.0 Å². The molecule has 0 aliphatic carbocycles. The number of anilines is 1. The number of likely N-dealkylation sites (tertiary alicyclic amines) is 1. The first-order valence-corrected chi connectivity index (χ1v) is 8.60. The van der Waals surface area contributed by atoms with Gasteiger partial charge in [0, 0.05) is 12.1 Å². The van der Waals surface area contributed by atoms with E-state index in [0.717, 1.165) is 11.1 Å². The zero-order valence-corrected chi connectivity index (χ0v) is 15.4. The molecule has 138 valence electrons. The zero-order valence-electron chi connectivity index (χ0n) is 15.4. The summed E-state index contributed by atoms with van der Waals surface area (Å²) in [5, 5.41) is 0. The number of carbonyl (C=O) groups excluding carboxylic acids is 4. The Morgan fingerprint density at radius 1 is 1.15 bits per heavy atom. The van der Waals surface area contributed by atoms with Crippen molar-refractivity contribution in [1.29, 1.82) is 0 Å². The Labute approximate surface area is 151 Å². The number of imide groups is 3. The lowest BCUT2D eigenvalue weighted by atomic mass is 10.0. The molecule has 7 nitrogen and oxygen atoms in total. The molecule has 1 fully saturated rings. The Morgan fingerprint density at radius 3 is 2.50 bits per heavy atom. The van der Waals surface area contributed by atoms with Crippen LogP contribution in [0.15, 0.2) is 18.2 Å². The monoisotopic (exact) mass is 358 g/mol. The molecule has 0 aromatic heterocycles. The summed E-state index contributed by atoms with van der Waals surface area (Å²) in [6.07, 6.45) is -0.592. The second kappa shape index (κ2) is 6.23. The van der Waals surface area contributed by atoms with Crippen LogP contribution in [0.3, 0.4) is 0 Å². The number of piperidine rings is 1. The Balaban J connectivity index is 1.90. The maximum absolute atomic E-state index is 12.9. The number of nitrogens with zero attached hydrogens (tertiary/aromatic N) is 2. The number of hydrogen-bond donors (Lipinski definition) is 0. The Morgan fingerprint density at radius 2 is 1.85 bits per heavy atom. The first kappa shape index (κ1) is 18.1. The fraction of sp³-hybridized carbons (Fsp3) is 0.474. The molecule has 2 aliphatic rings. The summed E-state index contributed by atoms with van der Waals surface area (Å²) < 4.78 is 5.18. The van der Waals surface area contributed by atoms with Crippen LogP contribution in [0.1, 0.15) is 44.7 Å². The van der Waals surface area contributed by atoms with E-state index in [9.17, 15) is 19.2 Å². The van der Waals surface area contributed by atoms with E-state index in [-0.39, 0.29) is 25.2 Å². The van der Waals surface area contributed by atoms with Gasteiger partial charge in [0.2, 0.25) is 11.8 Å². The van der Waals surface area contributed by atoms with Crippen LogP contribution in [0.2, 0.25) is 0 Å². The largest absolute Gasteiger partial charge is 0.443 e. The van der Waals surface area contributed by atoms with Crippen molar-refractivity contribution in [1.82, 2.24) is 4.90 Å². The highest BCUT2D eigenvalue weighted by Crippen LogP contribution is 2.34. The number of benzene rings is 1. The van der Waals surface area contributed by atoms with Crippen molar-refractivity contribution < 1.29 is 23.9 Å². The number of carbonyl (C=O) groups is 4. The number of ether oxygens (including phenoxy) is 1. The third-order valence-corrected chi connectivity index (χ3v) is 4.38. The lowest BCUT2D eigenvalue weighted by Gasteiger charge is -2.35. The van der Waals surface area contributed by atoms with E-state index in [2.05, 4.69) is 0 Å². The van der Waals surface area contributed by atoms with Gasteiger partial charge in [-0.3, -0.25) is 19.3 Å². The van der Waals surface area contributed by atoms with Gasteiger partial charge in [-0.25, -0.2) is 4.79 Å². The maximum Gasteiger partial charge on any atom is 0.424 e. The highest BCUT2D eigenvalue weighted by atomic mass is 16.6. The molecule has 2 aliphatic heterocycles. The second-order valence-electron chi connectivity index (χ2n) is 7.67. The normalized spacial score (nSPS) is 20.5. The van der Waals surface area contributed by atoms with Crippen molar-refractivity contribution in [2.45, 2.75) is 58.6 Å². The van der Waals surface area contributed by atoms with Gasteiger partial charge in [-0.1, -0.05) is 17.7 Å². The first-order chi connectivity index (χ1) is 12.1. The van der Waals surface area contributed by atoms with E-state index < -0.39 is 29.6 Å². The van der Waals surface area contributed by atoms with E-state index in [4.69, 9.17) is 4.74 Å². The van der Waals surface area contributed by atoms with Crippen LogP contribution in [0, 0.1) is 6.92 Å². The molecule has 2 heterocycles. The summed E-state index contributed by atoms with van der Waals surface area (Å²) in [5.41, 5.74) is 1.71. The molecule has 1 atom stereocenters. The fourth-order valence-electron chi connectivity index (χ4n) is 3.32. The predicted octanol–water partition coefficient (Wildman–Crippen LogP) is 2.34. The average molecular weight is 358 g/mol. The van der Waals surface area contributed by atoms with Crippen molar-refractivity contribution >= 4 is 29.5 Å². The summed E-state index contributed by atoms with van der Waals surface area (Å²) in [7, 11) is 0. The third-order valence-electron chi connectivity index (χ3n) is 4.38. The quantitative estimate of drug-likeness (QED) is 0.720. The number of aryl methyl sites for hydroxylation is 1. The number of rotatable bonds is 1. The van der Waals surface area contributed by atoms with Crippen molar-refractivity contribution in [2.24, 2.45) is 0 Å². The van der Waals surface area contributed by atoms with Crippen molar-refractivity contribution in [3.05, 3.63) is 29.3 Å². The molecule has 1 aromatic carbocycles. The summed E-state index contributed by atoms with van der Waals surface area (Å²) >= 11 is 0. The van der Waals surface area contributed by atoms with E-state index in [1.54, 1.807) is 26.8 Å². The van der Waals surface area contributed by atoms with Crippen LogP contribution in [-0.4, -0.2) is 40.4 Å². The maximum atomic E-state index is 12.9. The Bertz CT molecular complexity index is 809. The van der Waals surface area contributed by atoms with E-state index >= 15 is 0 Å². The highest BCUT2D eigenvalue weighted by molar-refractivity contribution is 6.16. The SMILES string of the molecule is Cc1ccc2c(c1)CC(=O)N2C1CCC(=O)N(C(=O)OC(C)(C)C)C1=O. The molecule has 0 N–H and O–H groups in total. The molecule has 3 rings (SSSR count). The molecule has 26 heavy (non-hydrogen) atoms. The average Bonchev–Trinajstić information content (AvgIpc) is 2.81. The molecule has 0 bridgehead atoms. The lowest BCUT2D eigenvalue weighted by molar-refractivity contribution is -0.148. The molecule has 1 aromatic rings. The number of amides is 4. The summed E-state index contributed by atoms with van der Waals surface area (Å²) in [5.74, 6) is -1.52. The van der Waals surface area contributed by atoms with Crippen molar-refractivity contribution in [3.8, 4) is 0 Å². The number of hydrogen-bond acceptors (Lipinski definition) is 5. The zero-order chi connectivity index (χ0) is 19.2. The fourth-order valence-corrected chi connectivity index (χ4v) is 3.32. The summed E-state index contributed by atoms with van der Waals surface area (Å²) in [6, 6.07) is 4.71. The van der Waals surface area contributed by atoms with Crippen LogP contribution >= 0.6 is 0 Å². The Hall–Kier alpha value is -2.70. The molecular weight excluding hydrogens is 336 g/mol. The van der Waals surface area contributed by atoms with E-state index in [1.165, 1.54) is 4.90 Å². The smallest absolute Gasteiger partial charge is 0.424 e. The molecule has 0 saturated carbocycles. The molecule has 1 saturated heterocycles. The molecule has 0 radical (unpaired) electrons. The van der Waals surface area contributed by atoms with Crippen LogP contribution in [0.4, 0.5) is 10.5 Å².